The van der Waals surface area contributed by atoms with Gasteiger partial charge in [0.15, 0.2) is 0 Å². The van der Waals surface area contributed by atoms with Crippen LogP contribution in [0.15, 0.2) is 58.4 Å². The molecule has 2 N–H and O–H groups in total. The highest BCUT2D eigenvalue weighted by molar-refractivity contribution is 9.10. The summed E-state index contributed by atoms with van der Waals surface area (Å²) in [6.07, 6.45) is 5.50. The first-order valence-corrected chi connectivity index (χ1v) is 18.1. The summed E-state index contributed by atoms with van der Waals surface area (Å²) < 4.78 is 20.0. The van der Waals surface area contributed by atoms with E-state index in [2.05, 4.69) is 65.6 Å². The second-order valence-corrected chi connectivity index (χ2v) is 15.6. The molecule has 45 heavy (non-hydrogen) atoms. The van der Waals surface area contributed by atoms with Gasteiger partial charge < -0.3 is 34.6 Å². The number of piperidine rings is 1. The van der Waals surface area contributed by atoms with E-state index in [4.69, 9.17) is 14.6 Å². The van der Waals surface area contributed by atoms with Crippen LogP contribution in [0.1, 0.15) is 25.3 Å². The zero-order valence-corrected chi connectivity index (χ0v) is 29.2. The molecule has 0 aliphatic carbocycles. The second-order valence-electron chi connectivity index (χ2n) is 11.6. The standard InChI is InChI=1S/C32H40BrN8O3P/c1-20(39-44-5)23-16-26(29(43-4)17-28(23)41-14-12-21(13-15-41)40(2)3)37-32-35-18-24(33)31(38-32)36-27-19-34-25-11-9-8-10-22(25)30(27)45(6,7)42/h8-11,16-19,21H,12-15H2,1-7H3,(H2,35,36,37,38). The van der Waals surface area contributed by atoms with Crippen molar-refractivity contribution in [3.05, 3.63) is 58.8 Å². The van der Waals surface area contributed by atoms with E-state index in [1.54, 1.807) is 39.9 Å². The Labute approximate surface area is 272 Å². The molecule has 11 nitrogen and oxygen atoms in total. The van der Waals surface area contributed by atoms with E-state index in [0.29, 0.717) is 39.4 Å². The first-order chi connectivity index (χ1) is 21.5. The fourth-order valence-corrected chi connectivity index (χ4v) is 7.51. The summed E-state index contributed by atoms with van der Waals surface area (Å²) in [5.74, 6) is 1.49. The zero-order chi connectivity index (χ0) is 32.3. The maximum Gasteiger partial charge on any atom is 0.229 e. The monoisotopic (exact) mass is 694 g/mol. The van der Waals surface area contributed by atoms with Gasteiger partial charge in [0.25, 0.3) is 0 Å². The highest BCUT2D eigenvalue weighted by Gasteiger charge is 2.25. The summed E-state index contributed by atoms with van der Waals surface area (Å²) in [6.45, 7) is 7.29. The predicted molar refractivity (Wildman–Crippen MR) is 188 cm³/mol. The third kappa shape index (κ3) is 7.24. The molecule has 0 bridgehead atoms. The van der Waals surface area contributed by atoms with E-state index in [9.17, 15) is 4.57 Å². The summed E-state index contributed by atoms with van der Waals surface area (Å²) in [4.78, 5) is 23.7. The van der Waals surface area contributed by atoms with Gasteiger partial charge in [0, 0.05) is 53.3 Å². The number of halogens is 1. The molecule has 1 aliphatic rings. The average Bonchev–Trinajstić information content (AvgIpc) is 3.01. The summed E-state index contributed by atoms with van der Waals surface area (Å²) in [5, 5.41) is 12.5. The quantitative estimate of drug-likeness (QED) is 0.109. The van der Waals surface area contributed by atoms with Gasteiger partial charge in [-0.15, -0.1) is 0 Å². The van der Waals surface area contributed by atoms with E-state index in [1.165, 1.54) is 0 Å². The molecule has 0 radical (unpaired) electrons. The molecule has 13 heteroatoms. The van der Waals surface area contributed by atoms with Crippen LogP contribution in [-0.4, -0.2) is 86.3 Å². The van der Waals surface area contributed by atoms with Crippen LogP contribution >= 0.6 is 23.1 Å². The Morgan fingerprint density at radius 2 is 1.80 bits per heavy atom. The van der Waals surface area contributed by atoms with Crippen molar-refractivity contribution in [2.24, 2.45) is 5.16 Å². The van der Waals surface area contributed by atoms with Crippen LogP contribution in [0, 0.1) is 0 Å². The molecule has 0 unspecified atom stereocenters. The number of pyridine rings is 1. The maximum atomic E-state index is 13.5. The van der Waals surface area contributed by atoms with Crippen LogP contribution in [0.3, 0.4) is 0 Å². The molecule has 0 atom stereocenters. The van der Waals surface area contributed by atoms with E-state index < -0.39 is 7.14 Å². The van der Waals surface area contributed by atoms with Gasteiger partial charge in [0.2, 0.25) is 5.95 Å². The van der Waals surface area contributed by atoms with Gasteiger partial charge in [0.05, 0.1) is 40.4 Å². The molecule has 0 amide bonds. The minimum absolute atomic E-state index is 0.345. The number of ether oxygens (including phenoxy) is 1. The van der Waals surface area contributed by atoms with Gasteiger partial charge in [-0.2, -0.15) is 4.98 Å². The molecule has 238 valence electrons. The molecular weight excluding hydrogens is 655 g/mol. The van der Waals surface area contributed by atoms with Crippen LogP contribution < -0.4 is 25.6 Å². The number of anilines is 5. The fraction of sp³-hybridized carbons (Fsp3) is 0.375. The summed E-state index contributed by atoms with van der Waals surface area (Å²) in [6, 6.07) is 12.3. The lowest BCUT2D eigenvalue weighted by Gasteiger charge is -2.37. The number of nitrogens with one attached hydrogen (secondary N) is 2. The van der Waals surface area contributed by atoms with E-state index in [0.717, 1.165) is 59.1 Å². The molecule has 4 aromatic rings. The summed E-state index contributed by atoms with van der Waals surface area (Å²) in [5.41, 5.74) is 4.79. The summed E-state index contributed by atoms with van der Waals surface area (Å²) >= 11 is 3.57. The van der Waals surface area contributed by atoms with Crippen molar-refractivity contribution in [1.29, 1.82) is 0 Å². The molecule has 1 fully saturated rings. The number of methoxy groups -OCH3 is 1. The Bertz CT molecular complexity index is 1770. The van der Waals surface area contributed by atoms with Crippen molar-refractivity contribution in [2.75, 3.05) is 70.3 Å². The number of rotatable bonds is 10. The number of para-hydroxylation sites is 1. The molecule has 1 saturated heterocycles. The van der Waals surface area contributed by atoms with Crippen LogP contribution in [0.2, 0.25) is 0 Å². The van der Waals surface area contributed by atoms with Crippen LogP contribution in [-0.2, 0) is 9.40 Å². The first-order valence-electron chi connectivity index (χ1n) is 14.7. The molecule has 5 rings (SSSR count). The number of aromatic nitrogens is 3. The third-order valence-corrected chi connectivity index (χ3v) is 10.1. The lowest BCUT2D eigenvalue weighted by Crippen LogP contribution is -2.42. The van der Waals surface area contributed by atoms with Gasteiger partial charge in [-0.25, -0.2) is 4.98 Å². The van der Waals surface area contributed by atoms with Crippen molar-refractivity contribution < 1.29 is 14.1 Å². The Morgan fingerprint density at radius 1 is 1.07 bits per heavy atom. The molecule has 2 aromatic heterocycles. The minimum Gasteiger partial charge on any atom is -0.494 e. The van der Waals surface area contributed by atoms with Crippen LogP contribution in [0.25, 0.3) is 10.9 Å². The zero-order valence-electron chi connectivity index (χ0n) is 26.8. The molecule has 1 aliphatic heterocycles. The van der Waals surface area contributed by atoms with Crippen LogP contribution in [0.5, 0.6) is 5.75 Å². The van der Waals surface area contributed by atoms with Crippen LogP contribution in [0.4, 0.5) is 28.8 Å². The number of fused-ring (bicyclic) bond motifs is 1. The fourth-order valence-electron chi connectivity index (χ4n) is 5.76. The highest BCUT2D eigenvalue weighted by Crippen LogP contribution is 2.42. The molecule has 0 spiro atoms. The molecule has 2 aromatic carbocycles. The number of hydrogen-bond acceptors (Lipinski definition) is 11. The largest absolute Gasteiger partial charge is 0.494 e. The Morgan fingerprint density at radius 3 is 2.47 bits per heavy atom. The van der Waals surface area contributed by atoms with Gasteiger partial charge in [-0.3, -0.25) is 4.98 Å². The predicted octanol–water partition coefficient (Wildman–Crippen LogP) is 6.43. The lowest BCUT2D eigenvalue weighted by molar-refractivity contribution is 0.213. The van der Waals surface area contributed by atoms with E-state index >= 15 is 0 Å². The van der Waals surface area contributed by atoms with Crippen molar-refractivity contribution >= 4 is 73.8 Å². The van der Waals surface area contributed by atoms with Crippen molar-refractivity contribution in [2.45, 2.75) is 25.8 Å². The highest BCUT2D eigenvalue weighted by atomic mass is 79.9. The topological polar surface area (TPSA) is 117 Å². The Balaban J connectivity index is 1.50. The van der Waals surface area contributed by atoms with E-state index in [1.807, 2.05) is 43.3 Å². The summed E-state index contributed by atoms with van der Waals surface area (Å²) in [7, 11) is 4.77. The van der Waals surface area contributed by atoms with Gasteiger partial charge in [0.1, 0.15) is 25.8 Å². The van der Waals surface area contributed by atoms with Crippen molar-refractivity contribution in [3.8, 4) is 5.75 Å². The third-order valence-electron chi connectivity index (χ3n) is 8.00. The normalized spacial score (nSPS) is 14.6. The van der Waals surface area contributed by atoms with Crippen molar-refractivity contribution in [1.82, 2.24) is 19.9 Å². The molecule has 3 heterocycles. The second kappa shape index (κ2) is 13.7. The van der Waals surface area contributed by atoms with Gasteiger partial charge in [-0.05, 0) is 75.3 Å². The van der Waals surface area contributed by atoms with Gasteiger partial charge >= 0.3 is 0 Å². The number of nitrogens with zero attached hydrogens (tertiary/aromatic N) is 6. The Hall–Kier alpha value is -3.73. The molecular formula is C32H40BrN8O3P. The smallest absolute Gasteiger partial charge is 0.229 e. The van der Waals surface area contributed by atoms with Gasteiger partial charge in [-0.1, -0.05) is 23.4 Å². The van der Waals surface area contributed by atoms with Crippen molar-refractivity contribution in [3.63, 3.8) is 0 Å². The minimum atomic E-state index is -2.70. The van der Waals surface area contributed by atoms with E-state index in [-0.39, 0.29) is 0 Å². The Kier molecular flexibility index (Phi) is 9.96. The lowest BCUT2D eigenvalue weighted by atomic mass is 10.00. The molecule has 0 saturated carbocycles. The number of benzene rings is 2. The SMILES string of the molecule is CON=C(C)c1cc(Nc2ncc(Br)c(Nc3cnc4ccccc4c3P(C)(C)=O)n2)c(OC)cc1N1CCC(N(C)C)CC1. The number of hydrogen-bond donors (Lipinski definition) is 2. The number of oxime groups is 1. The maximum absolute atomic E-state index is 13.5. The average molecular weight is 696 g/mol. The first kappa shape index (κ1) is 32.7.